The first-order valence-electron chi connectivity index (χ1n) is 14.5. The molecule has 0 saturated heterocycles. The number of ether oxygens (including phenoxy) is 1. The minimum Gasteiger partial charge on any atom is -0.481 e. The van der Waals surface area contributed by atoms with Gasteiger partial charge in [-0.2, -0.15) is 0 Å². The summed E-state index contributed by atoms with van der Waals surface area (Å²) in [5, 5.41) is 1.55. The summed E-state index contributed by atoms with van der Waals surface area (Å²) in [5.41, 5.74) is 7.78. The number of pyridine rings is 1. The summed E-state index contributed by atoms with van der Waals surface area (Å²) in [7, 11) is -0.298. The Balaban J connectivity index is 1.68. The molecule has 0 spiro atoms. The predicted octanol–water partition coefficient (Wildman–Crippen LogP) is 9.84. The number of carbonyl (C=O) groups excluding carboxylic acids is 1. The molecule has 0 aliphatic carbocycles. The van der Waals surface area contributed by atoms with E-state index in [1.165, 1.54) is 5.56 Å². The largest absolute Gasteiger partial charge is 0.481 e. The number of aromatic nitrogens is 1. The molecule has 6 heteroatoms. The summed E-state index contributed by atoms with van der Waals surface area (Å²) in [6, 6.07) is 21.6. The standard InChI is InChI=1S/C35H42ClNO3Si/c1-22(2)41(23(3)4,24(5)6)40-17-16-26-10-9-11-27(19-26)30-21-34(39-8)37-33-15-13-29(20-31(30)33)35(38)28-12-14-32(36)25(7)18-28/h9-15,18-24H,16-17H2,1-8H3. The quantitative estimate of drug-likeness (QED) is 0.129. The van der Waals surface area contributed by atoms with E-state index < -0.39 is 8.32 Å². The Hall–Kier alpha value is -2.99. The highest BCUT2D eigenvalue weighted by atomic mass is 35.5. The van der Waals surface area contributed by atoms with Crippen molar-refractivity contribution in [2.75, 3.05) is 13.7 Å². The van der Waals surface area contributed by atoms with Gasteiger partial charge in [-0.3, -0.25) is 4.79 Å². The Morgan fingerprint density at radius 3 is 2.17 bits per heavy atom. The molecule has 0 aliphatic rings. The van der Waals surface area contributed by atoms with Gasteiger partial charge in [0.2, 0.25) is 5.88 Å². The lowest BCUT2D eigenvalue weighted by molar-refractivity contribution is 0.103. The first kappa shape index (κ1) is 31.0. The van der Waals surface area contributed by atoms with Crippen LogP contribution in [0.1, 0.15) is 68.6 Å². The minimum atomic E-state index is -1.92. The summed E-state index contributed by atoms with van der Waals surface area (Å²) in [5.74, 6) is 0.489. The van der Waals surface area contributed by atoms with Gasteiger partial charge < -0.3 is 9.16 Å². The fourth-order valence-electron chi connectivity index (χ4n) is 6.38. The second-order valence-corrected chi connectivity index (χ2v) is 17.7. The van der Waals surface area contributed by atoms with Crippen LogP contribution in [0.3, 0.4) is 0 Å². The lowest BCUT2D eigenvalue weighted by Gasteiger charge is -2.42. The number of halogens is 1. The molecule has 41 heavy (non-hydrogen) atoms. The van der Waals surface area contributed by atoms with Crippen LogP contribution in [-0.4, -0.2) is 32.8 Å². The topological polar surface area (TPSA) is 48.4 Å². The number of ketones is 1. The molecule has 0 aliphatic heterocycles. The predicted molar refractivity (Wildman–Crippen MR) is 174 cm³/mol. The second-order valence-electron chi connectivity index (χ2n) is 11.9. The SMILES string of the molecule is COc1cc(-c2cccc(CCO[Si](C(C)C)(C(C)C)C(C)C)c2)c2cc(C(=O)c3ccc(Cl)c(C)c3)ccc2n1. The molecule has 0 N–H and O–H groups in total. The van der Waals surface area contributed by atoms with Gasteiger partial charge in [0.25, 0.3) is 0 Å². The van der Waals surface area contributed by atoms with Crippen molar-refractivity contribution >= 4 is 36.6 Å². The van der Waals surface area contributed by atoms with Gasteiger partial charge >= 0.3 is 0 Å². The molecule has 0 amide bonds. The van der Waals surface area contributed by atoms with Crippen LogP contribution >= 0.6 is 11.6 Å². The maximum Gasteiger partial charge on any atom is 0.214 e. The lowest BCUT2D eigenvalue weighted by atomic mass is 9.95. The van der Waals surface area contributed by atoms with Gasteiger partial charge in [-0.15, -0.1) is 0 Å². The first-order valence-corrected chi connectivity index (χ1v) is 17.0. The molecule has 0 bridgehead atoms. The van der Waals surface area contributed by atoms with Gasteiger partial charge in [0, 0.05) is 34.2 Å². The van der Waals surface area contributed by atoms with Crippen LogP contribution < -0.4 is 4.74 Å². The fraction of sp³-hybridized carbons (Fsp3) is 0.371. The van der Waals surface area contributed by atoms with E-state index in [1.807, 2.05) is 37.3 Å². The van der Waals surface area contributed by atoms with Crippen molar-refractivity contribution in [2.24, 2.45) is 0 Å². The van der Waals surface area contributed by atoms with Gasteiger partial charge in [0.15, 0.2) is 14.1 Å². The minimum absolute atomic E-state index is 0.0487. The van der Waals surface area contributed by atoms with Crippen LogP contribution in [0.25, 0.3) is 22.0 Å². The summed E-state index contributed by atoms with van der Waals surface area (Å²) in [6.07, 6.45) is 0.842. The normalized spacial score (nSPS) is 12.1. The number of hydrogen-bond acceptors (Lipinski definition) is 4. The molecule has 1 aromatic heterocycles. The molecule has 4 nitrogen and oxygen atoms in total. The Morgan fingerprint density at radius 1 is 0.878 bits per heavy atom. The molecule has 4 aromatic rings. The highest BCUT2D eigenvalue weighted by Crippen LogP contribution is 2.42. The molecule has 216 valence electrons. The number of hydrogen-bond donors (Lipinski definition) is 0. The molecule has 3 aromatic carbocycles. The van der Waals surface area contributed by atoms with Crippen molar-refractivity contribution in [3.63, 3.8) is 0 Å². The van der Waals surface area contributed by atoms with E-state index in [-0.39, 0.29) is 5.78 Å². The monoisotopic (exact) mass is 587 g/mol. The number of carbonyl (C=O) groups is 1. The number of fused-ring (bicyclic) bond motifs is 1. The van der Waals surface area contributed by atoms with E-state index in [9.17, 15) is 4.79 Å². The van der Waals surface area contributed by atoms with Gasteiger partial charge in [-0.05, 0) is 88.6 Å². The van der Waals surface area contributed by atoms with E-state index in [0.717, 1.165) is 34.0 Å². The average Bonchev–Trinajstić information content (AvgIpc) is 2.95. The van der Waals surface area contributed by atoms with E-state index >= 15 is 0 Å². The van der Waals surface area contributed by atoms with Crippen LogP contribution in [0, 0.1) is 6.92 Å². The van der Waals surface area contributed by atoms with Crippen LogP contribution in [0.2, 0.25) is 21.6 Å². The Morgan fingerprint density at radius 2 is 1.54 bits per heavy atom. The van der Waals surface area contributed by atoms with Crippen LogP contribution in [0.5, 0.6) is 5.88 Å². The van der Waals surface area contributed by atoms with Crippen molar-refractivity contribution in [1.29, 1.82) is 0 Å². The molecule has 0 atom stereocenters. The first-order chi connectivity index (χ1) is 19.5. The van der Waals surface area contributed by atoms with Crippen molar-refractivity contribution in [3.8, 4) is 17.0 Å². The van der Waals surface area contributed by atoms with E-state index in [4.69, 9.17) is 20.8 Å². The maximum absolute atomic E-state index is 13.4. The van der Waals surface area contributed by atoms with Gasteiger partial charge in [-0.25, -0.2) is 4.98 Å². The third-order valence-corrected chi connectivity index (χ3v) is 14.9. The van der Waals surface area contributed by atoms with Crippen LogP contribution in [0.15, 0.2) is 66.7 Å². The van der Waals surface area contributed by atoms with Gasteiger partial charge in [0.1, 0.15) is 0 Å². The molecule has 0 saturated carbocycles. The summed E-state index contributed by atoms with van der Waals surface area (Å²) in [6.45, 7) is 16.5. The zero-order valence-electron chi connectivity index (χ0n) is 25.5. The van der Waals surface area contributed by atoms with Crippen LogP contribution in [0.4, 0.5) is 0 Å². The van der Waals surface area contributed by atoms with Gasteiger partial charge in [0.05, 0.1) is 12.6 Å². The lowest BCUT2D eigenvalue weighted by Crippen LogP contribution is -2.48. The van der Waals surface area contributed by atoms with E-state index in [2.05, 4.69) is 70.8 Å². The number of benzene rings is 3. The zero-order valence-corrected chi connectivity index (χ0v) is 27.3. The molecule has 0 radical (unpaired) electrons. The molecular formula is C35H42ClNO3Si. The molecule has 0 fully saturated rings. The second kappa shape index (κ2) is 12.9. The van der Waals surface area contributed by atoms with Crippen molar-refractivity contribution < 1.29 is 14.0 Å². The summed E-state index contributed by atoms with van der Waals surface area (Å²) < 4.78 is 12.4. The van der Waals surface area contributed by atoms with Crippen molar-refractivity contribution in [2.45, 2.75) is 71.5 Å². The summed E-state index contributed by atoms with van der Waals surface area (Å²) in [4.78, 5) is 18.1. The molecule has 4 rings (SSSR count). The highest BCUT2D eigenvalue weighted by Gasteiger charge is 2.44. The van der Waals surface area contributed by atoms with E-state index in [1.54, 1.807) is 19.2 Å². The van der Waals surface area contributed by atoms with Crippen LogP contribution in [-0.2, 0) is 10.8 Å². The molecular weight excluding hydrogens is 546 g/mol. The third-order valence-electron chi connectivity index (χ3n) is 8.36. The van der Waals surface area contributed by atoms with E-state index in [0.29, 0.717) is 45.3 Å². The Kier molecular flexibility index (Phi) is 9.73. The Bertz CT molecular complexity index is 1520. The number of aryl methyl sites for hydroxylation is 1. The Labute approximate surface area is 251 Å². The number of rotatable bonds is 11. The zero-order chi connectivity index (χ0) is 29.9. The fourth-order valence-corrected chi connectivity index (χ4v) is 12.0. The van der Waals surface area contributed by atoms with Crippen molar-refractivity contribution in [3.05, 3.63) is 94.0 Å². The third kappa shape index (κ3) is 6.43. The highest BCUT2D eigenvalue weighted by molar-refractivity contribution is 6.77. The van der Waals surface area contributed by atoms with Gasteiger partial charge in [-0.1, -0.05) is 77.4 Å². The average molecular weight is 588 g/mol. The number of methoxy groups -OCH3 is 1. The van der Waals surface area contributed by atoms with Crippen molar-refractivity contribution in [1.82, 2.24) is 4.98 Å². The molecule has 1 heterocycles. The number of nitrogens with zero attached hydrogens (tertiary/aromatic N) is 1. The summed E-state index contributed by atoms with van der Waals surface area (Å²) >= 11 is 6.20. The molecule has 0 unspecified atom stereocenters. The smallest absolute Gasteiger partial charge is 0.214 e. The maximum atomic E-state index is 13.4.